The minimum atomic E-state index is -1.27. The SMILES string of the molecule is O=C(O)Nc1ccc(F)c(Cl)n1. The number of nitrogens with one attached hydrogen (secondary N) is 1. The van der Waals surface area contributed by atoms with Gasteiger partial charge >= 0.3 is 6.09 Å². The zero-order chi connectivity index (χ0) is 9.14. The maximum absolute atomic E-state index is 12.5. The Hall–Kier alpha value is -1.36. The van der Waals surface area contributed by atoms with E-state index in [1.807, 2.05) is 5.32 Å². The number of amides is 1. The van der Waals surface area contributed by atoms with E-state index in [4.69, 9.17) is 16.7 Å². The van der Waals surface area contributed by atoms with Gasteiger partial charge in [0.25, 0.3) is 0 Å². The summed E-state index contributed by atoms with van der Waals surface area (Å²) in [6.07, 6.45) is -1.27. The first-order valence-electron chi connectivity index (χ1n) is 2.91. The molecule has 12 heavy (non-hydrogen) atoms. The predicted molar refractivity (Wildman–Crippen MR) is 40.9 cm³/mol. The Balaban J connectivity index is 2.89. The molecule has 1 amide bonds. The van der Waals surface area contributed by atoms with Gasteiger partial charge in [-0.25, -0.2) is 14.2 Å². The molecule has 0 aliphatic heterocycles. The van der Waals surface area contributed by atoms with Crippen molar-refractivity contribution in [3.8, 4) is 0 Å². The second-order valence-electron chi connectivity index (χ2n) is 1.90. The molecule has 0 saturated heterocycles. The van der Waals surface area contributed by atoms with Crippen molar-refractivity contribution in [2.75, 3.05) is 5.32 Å². The molecule has 6 heteroatoms. The van der Waals surface area contributed by atoms with Crippen LogP contribution < -0.4 is 5.32 Å². The van der Waals surface area contributed by atoms with Crippen molar-refractivity contribution in [2.45, 2.75) is 0 Å². The highest BCUT2D eigenvalue weighted by Crippen LogP contribution is 2.13. The van der Waals surface area contributed by atoms with Crippen molar-refractivity contribution in [3.05, 3.63) is 23.1 Å². The second kappa shape index (κ2) is 3.36. The molecule has 4 nitrogen and oxygen atoms in total. The minimum Gasteiger partial charge on any atom is -0.465 e. The van der Waals surface area contributed by atoms with Crippen molar-refractivity contribution in [2.24, 2.45) is 0 Å². The van der Waals surface area contributed by atoms with E-state index in [1.165, 1.54) is 6.07 Å². The predicted octanol–water partition coefficient (Wildman–Crippen LogP) is 1.96. The molecule has 0 bridgehead atoms. The summed E-state index contributed by atoms with van der Waals surface area (Å²) in [6.45, 7) is 0. The summed E-state index contributed by atoms with van der Waals surface area (Å²) in [5, 5.41) is 9.81. The lowest BCUT2D eigenvalue weighted by Gasteiger charge is -1.99. The normalized spacial score (nSPS) is 9.50. The van der Waals surface area contributed by atoms with Crippen LogP contribution >= 0.6 is 11.6 Å². The molecule has 0 spiro atoms. The quantitative estimate of drug-likeness (QED) is 0.666. The van der Waals surface area contributed by atoms with Crippen LogP contribution in [0.4, 0.5) is 15.0 Å². The zero-order valence-electron chi connectivity index (χ0n) is 5.71. The van der Waals surface area contributed by atoms with E-state index >= 15 is 0 Å². The van der Waals surface area contributed by atoms with Crippen LogP contribution in [0, 0.1) is 5.82 Å². The molecule has 0 radical (unpaired) electrons. The fourth-order valence-corrected chi connectivity index (χ4v) is 0.751. The summed E-state index contributed by atoms with van der Waals surface area (Å²) in [7, 11) is 0. The molecule has 0 saturated carbocycles. The van der Waals surface area contributed by atoms with E-state index in [0.29, 0.717) is 0 Å². The van der Waals surface area contributed by atoms with Crippen LogP contribution in [-0.4, -0.2) is 16.2 Å². The van der Waals surface area contributed by atoms with Gasteiger partial charge in [-0.1, -0.05) is 11.6 Å². The molecule has 1 heterocycles. The molecule has 1 aromatic rings. The number of nitrogens with zero attached hydrogens (tertiary/aromatic N) is 1. The molecule has 0 aromatic carbocycles. The lowest BCUT2D eigenvalue weighted by molar-refractivity contribution is 0.209. The molecule has 1 aromatic heterocycles. The number of rotatable bonds is 1. The monoisotopic (exact) mass is 190 g/mol. The molecule has 0 atom stereocenters. The highest BCUT2D eigenvalue weighted by Gasteiger charge is 2.03. The maximum atomic E-state index is 12.5. The summed E-state index contributed by atoms with van der Waals surface area (Å²) in [6, 6.07) is 2.20. The molecule has 2 N–H and O–H groups in total. The zero-order valence-corrected chi connectivity index (χ0v) is 6.47. The largest absolute Gasteiger partial charge is 0.465 e. The minimum absolute atomic E-state index is 0.00565. The number of pyridine rings is 1. The average Bonchev–Trinajstić information content (AvgIpc) is 1.96. The second-order valence-corrected chi connectivity index (χ2v) is 2.26. The van der Waals surface area contributed by atoms with Crippen LogP contribution in [0.3, 0.4) is 0 Å². The van der Waals surface area contributed by atoms with Crippen LogP contribution in [0.1, 0.15) is 0 Å². The van der Waals surface area contributed by atoms with Gasteiger partial charge in [-0.05, 0) is 12.1 Å². The summed E-state index contributed by atoms with van der Waals surface area (Å²) in [5.74, 6) is -0.693. The smallest absolute Gasteiger partial charge is 0.410 e. The van der Waals surface area contributed by atoms with Crippen molar-refractivity contribution in [3.63, 3.8) is 0 Å². The average molecular weight is 191 g/mol. The summed E-state index contributed by atoms with van der Waals surface area (Å²) in [4.78, 5) is 13.5. The number of aromatic nitrogens is 1. The van der Waals surface area contributed by atoms with Crippen molar-refractivity contribution < 1.29 is 14.3 Å². The fourth-order valence-electron chi connectivity index (χ4n) is 0.596. The van der Waals surface area contributed by atoms with E-state index in [0.717, 1.165) is 6.07 Å². The van der Waals surface area contributed by atoms with Crippen LogP contribution in [0.2, 0.25) is 5.15 Å². The van der Waals surface area contributed by atoms with Crippen molar-refractivity contribution in [1.29, 1.82) is 0 Å². The Morgan fingerprint density at radius 2 is 2.33 bits per heavy atom. The number of carboxylic acid groups (broad SMARTS) is 1. The number of anilines is 1. The molecule has 0 fully saturated rings. The summed E-state index contributed by atoms with van der Waals surface area (Å²) < 4.78 is 12.5. The van der Waals surface area contributed by atoms with Crippen molar-refractivity contribution >= 4 is 23.5 Å². The Bertz CT molecular complexity index is 318. The standard InChI is InChI=1S/C6H4ClFN2O2/c7-5-3(8)1-2-4(9-5)10-6(11)12/h1-2H,(H,9,10)(H,11,12). The fraction of sp³-hybridized carbons (Fsp3) is 0. The number of halogens is 2. The van der Waals surface area contributed by atoms with Gasteiger partial charge in [-0.15, -0.1) is 0 Å². The van der Waals surface area contributed by atoms with Gasteiger partial charge in [0.1, 0.15) is 5.82 Å². The lowest BCUT2D eigenvalue weighted by Crippen LogP contribution is -2.08. The Labute approximate surface area is 72.0 Å². The number of hydrogen-bond acceptors (Lipinski definition) is 2. The molecular weight excluding hydrogens is 187 g/mol. The van der Waals surface area contributed by atoms with Crippen LogP contribution in [0.25, 0.3) is 0 Å². The molecule has 0 aliphatic rings. The van der Waals surface area contributed by atoms with E-state index < -0.39 is 11.9 Å². The van der Waals surface area contributed by atoms with E-state index in [1.54, 1.807) is 0 Å². The van der Waals surface area contributed by atoms with Gasteiger partial charge < -0.3 is 5.11 Å². The summed E-state index contributed by atoms with van der Waals surface area (Å²) >= 11 is 5.28. The molecule has 0 unspecified atom stereocenters. The third-order valence-corrected chi connectivity index (χ3v) is 1.30. The molecule has 0 aliphatic carbocycles. The van der Waals surface area contributed by atoms with Gasteiger partial charge in [0.15, 0.2) is 11.0 Å². The third kappa shape index (κ3) is 2.06. The molecule has 1 rings (SSSR count). The Kier molecular flexibility index (Phi) is 2.44. The lowest BCUT2D eigenvalue weighted by atomic mass is 10.4. The first kappa shape index (κ1) is 8.73. The van der Waals surface area contributed by atoms with E-state index in [-0.39, 0.29) is 11.0 Å². The number of carbonyl (C=O) groups is 1. The van der Waals surface area contributed by atoms with Crippen LogP contribution in [-0.2, 0) is 0 Å². The van der Waals surface area contributed by atoms with Gasteiger partial charge in [0.2, 0.25) is 0 Å². The van der Waals surface area contributed by atoms with Gasteiger partial charge in [0.05, 0.1) is 0 Å². The van der Waals surface area contributed by atoms with E-state index in [2.05, 4.69) is 4.98 Å². The molecule has 64 valence electrons. The third-order valence-electron chi connectivity index (χ3n) is 1.04. The van der Waals surface area contributed by atoms with Gasteiger partial charge in [-0.2, -0.15) is 0 Å². The van der Waals surface area contributed by atoms with Gasteiger partial charge in [-0.3, -0.25) is 5.32 Å². The van der Waals surface area contributed by atoms with Gasteiger partial charge in [0, 0.05) is 0 Å². The van der Waals surface area contributed by atoms with Crippen molar-refractivity contribution in [1.82, 2.24) is 4.98 Å². The highest BCUT2D eigenvalue weighted by atomic mass is 35.5. The van der Waals surface area contributed by atoms with Crippen LogP contribution in [0.5, 0.6) is 0 Å². The molecular formula is C6H4ClFN2O2. The number of hydrogen-bond donors (Lipinski definition) is 2. The first-order valence-corrected chi connectivity index (χ1v) is 3.29. The summed E-state index contributed by atoms with van der Waals surface area (Å²) in [5.41, 5.74) is 0. The Morgan fingerprint density at radius 3 is 2.83 bits per heavy atom. The maximum Gasteiger partial charge on any atom is 0.410 e. The highest BCUT2D eigenvalue weighted by molar-refractivity contribution is 6.29. The topological polar surface area (TPSA) is 62.2 Å². The first-order chi connectivity index (χ1) is 5.59. The Morgan fingerprint density at radius 1 is 1.67 bits per heavy atom. The van der Waals surface area contributed by atoms with E-state index in [9.17, 15) is 9.18 Å². The van der Waals surface area contributed by atoms with Crippen LogP contribution in [0.15, 0.2) is 12.1 Å².